The molecule has 114 valence electrons. The quantitative estimate of drug-likeness (QED) is 0.753. The highest BCUT2D eigenvalue weighted by atomic mass is 15.3. The molecule has 0 bridgehead atoms. The average molecular weight is 268 g/mol. The molecular formula is C17H36N2. The van der Waals surface area contributed by atoms with E-state index < -0.39 is 0 Å². The van der Waals surface area contributed by atoms with Crippen LogP contribution < -0.4 is 5.32 Å². The van der Waals surface area contributed by atoms with Crippen molar-refractivity contribution >= 4 is 0 Å². The van der Waals surface area contributed by atoms with Crippen LogP contribution in [0.25, 0.3) is 0 Å². The number of hydrogen-bond donors (Lipinski definition) is 1. The van der Waals surface area contributed by atoms with E-state index in [0.29, 0.717) is 5.54 Å². The van der Waals surface area contributed by atoms with Crippen molar-refractivity contribution in [2.45, 2.75) is 78.8 Å². The summed E-state index contributed by atoms with van der Waals surface area (Å²) in [5.74, 6) is 1.58. The molecule has 0 aromatic carbocycles. The highest BCUT2D eigenvalue weighted by Gasteiger charge is 2.37. The van der Waals surface area contributed by atoms with Gasteiger partial charge in [0, 0.05) is 24.7 Å². The van der Waals surface area contributed by atoms with E-state index in [0.717, 1.165) is 17.9 Å². The Morgan fingerprint density at radius 2 is 1.79 bits per heavy atom. The topological polar surface area (TPSA) is 15.3 Å². The van der Waals surface area contributed by atoms with Crippen molar-refractivity contribution in [2.75, 3.05) is 19.6 Å². The lowest BCUT2D eigenvalue weighted by atomic mass is 9.86. The molecule has 2 heteroatoms. The minimum absolute atomic E-state index is 0.364. The minimum Gasteiger partial charge on any atom is -0.308 e. The molecule has 1 rings (SSSR count). The monoisotopic (exact) mass is 268 g/mol. The van der Waals surface area contributed by atoms with Crippen molar-refractivity contribution < 1.29 is 0 Å². The Hall–Kier alpha value is -0.0800. The first-order chi connectivity index (χ1) is 8.94. The third-order valence-electron chi connectivity index (χ3n) is 5.01. The van der Waals surface area contributed by atoms with Crippen LogP contribution in [0.3, 0.4) is 0 Å². The Kier molecular flexibility index (Phi) is 6.82. The Morgan fingerprint density at radius 1 is 1.16 bits per heavy atom. The van der Waals surface area contributed by atoms with Gasteiger partial charge >= 0.3 is 0 Å². The molecule has 1 fully saturated rings. The van der Waals surface area contributed by atoms with Gasteiger partial charge in [-0.3, -0.25) is 4.90 Å². The van der Waals surface area contributed by atoms with Crippen molar-refractivity contribution in [3.63, 3.8) is 0 Å². The summed E-state index contributed by atoms with van der Waals surface area (Å²) in [7, 11) is 0. The number of nitrogens with one attached hydrogen (secondary N) is 1. The van der Waals surface area contributed by atoms with Crippen molar-refractivity contribution in [2.24, 2.45) is 11.8 Å². The molecule has 0 aliphatic carbocycles. The summed E-state index contributed by atoms with van der Waals surface area (Å²) in [6.07, 6.45) is 5.20. The molecule has 1 aliphatic rings. The summed E-state index contributed by atoms with van der Waals surface area (Å²) in [6.45, 7) is 17.8. The summed E-state index contributed by atoms with van der Waals surface area (Å²) in [5.41, 5.74) is 0.364. The normalized spacial score (nSPS) is 24.3. The first kappa shape index (κ1) is 17.0. The van der Waals surface area contributed by atoms with E-state index in [1.54, 1.807) is 0 Å². The maximum Gasteiger partial charge on any atom is 0.0304 e. The number of piperazine rings is 1. The van der Waals surface area contributed by atoms with Gasteiger partial charge in [0.2, 0.25) is 0 Å². The molecule has 0 spiro atoms. The Morgan fingerprint density at radius 3 is 2.26 bits per heavy atom. The molecule has 1 unspecified atom stereocenters. The lowest BCUT2D eigenvalue weighted by Crippen LogP contribution is -2.65. The van der Waals surface area contributed by atoms with Crippen LogP contribution in [0.2, 0.25) is 0 Å². The lowest BCUT2D eigenvalue weighted by molar-refractivity contribution is 0.0486. The van der Waals surface area contributed by atoms with Crippen LogP contribution in [0.4, 0.5) is 0 Å². The molecule has 0 aromatic rings. The zero-order valence-corrected chi connectivity index (χ0v) is 14.1. The zero-order chi connectivity index (χ0) is 14.5. The van der Waals surface area contributed by atoms with Crippen LogP contribution >= 0.6 is 0 Å². The van der Waals surface area contributed by atoms with E-state index in [2.05, 4.69) is 51.8 Å². The lowest BCUT2D eigenvalue weighted by Gasteiger charge is -2.49. The van der Waals surface area contributed by atoms with E-state index in [4.69, 9.17) is 0 Å². The second kappa shape index (κ2) is 7.64. The van der Waals surface area contributed by atoms with Crippen molar-refractivity contribution in [3.8, 4) is 0 Å². The SMILES string of the molecule is CCC1(CC)CN(CCCC(C)C)C(C(C)C)CN1. The second-order valence-electron chi connectivity index (χ2n) is 7.19. The van der Waals surface area contributed by atoms with E-state index >= 15 is 0 Å². The first-order valence-electron chi connectivity index (χ1n) is 8.43. The van der Waals surface area contributed by atoms with Gasteiger partial charge in [0.05, 0.1) is 0 Å². The number of hydrogen-bond acceptors (Lipinski definition) is 2. The maximum absolute atomic E-state index is 3.85. The predicted octanol–water partition coefficient (Wildman–Crippen LogP) is 3.91. The summed E-state index contributed by atoms with van der Waals surface area (Å²) >= 11 is 0. The molecule has 0 amide bonds. The first-order valence-corrected chi connectivity index (χ1v) is 8.43. The van der Waals surface area contributed by atoms with Crippen LogP contribution in [0.1, 0.15) is 67.2 Å². The molecule has 19 heavy (non-hydrogen) atoms. The van der Waals surface area contributed by atoms with Gasteiger partial charge in [0.1, 0.15) is 0 Å². The summed E-state index contributed by atoms with van der Waals surface area (Å²) in [4.78, 5) is 2.77. The number of nitrogens with zero attached hydrogens (tertiary/aromatic N) is 1. The van der Waals surface area contributed by atoms with Crippen LogP contribution in [0.15, 0.2) is 0 Å². The molecule has 1 saturated heterocycles. The molecule has 0 saturated carbocycles. The largest absolute Gasteiger partial charge is 0.308 e. The molecule has 0 aromatic heterocycles. The Bertz CT molecular complexity index is 244. The van der Waals surface area contributed by atoms with Gasteiger partial charge in [-0.2, -0.15) is 0 Å². The Labute approximate surface area is 121 Å². The molecule has 1 heterocycles. The van der Waals surface area contributed by atoms with Crippen LogP contribution in [0, 0.1) is 11.8 Å². The molecule has 1 atom stereocenters. The van der Waals surface area contributed by atoms with E-state index in [-0.39, 0.29) is 0 Å². The highest BCUT2D eigenvalue weighted by Crippen LogP contribution is 2.26. The molecule has 1 N–H and O–H groups in total. The van der Waals surface area contributed by atoms with Gasteiger partial charge in [-0.15, -0.1) is 0 Å². The van der Waals surface area contributed by atoms with E-state index in [1.807, 2.05) is 0 Å². The van der Waals surface area contributed by atoms with Gasteiger partial charge in [0.25, 0.3) is 0 Å². The van der Waals surface area contributed by atoms with E-state index in [1.165, 1.54) is 45.3 Å². The van der Waals surface area contributed by atoms with Crippen molar-refractivity contribution in [1.82, 2.24) is 10.2 Å². The fraction of sp³-hybridized carbons (Fsp3) is 1.00. The standard InChI is InChI=1S/C17H36N2/c1-7-17(8-2)13-19(11-9-10-14(3)4)16(12-18-17)15(5)6/h14-16,18H,7-13H2,1-6H3. The highest BCUT2D eigenvalue weighted by molar-refractivity contribution is 4.97. The molecule has 0 radical (unpaired) electrons. The third-order valence-corrected chi connectivity index (χ3v) is 5.01. The molecular weight excluding hydrogens is 232 g/mol. The smallest absolute Gasteiger partial charge is 0.0304 e. The fourth-order valence-corrected chi connectivity index (χ4v) is 3.34. The van der Waals surface area contributed by atoms with Gasteiger partial charge in [-0.1, -0.05) is 41.5 Å². The number of rotatable bonds is 7. The van der Waals surface area contributed by atoms with Crippen LogP contribution in [-0.4, -0.2) is 36.1 Å². The van der Waals surface area contributed by atoms with Gasteiger partial charge in [0.15, 0.2) is 0 Å². The van der Waals surface area contributed by atoms with Crippen molar-refractivity contribution in [3.05, 3.63) is 0 Å². The summed E-state index contributed by atoms with van der Waals surface area (Å²) < 4.78 is 0. The minimum atomic E-state index is 0.364. The van der Waals surface area contributed by atoms with Gasteiger partial charge in [-0.25, -0.2) is 0 Å². The second-order valence-corrected chi connectivity index (χ2v) is 7.19. The zero-order valence-electron chi connectivity index (χ0n) is 14.1. The van der Waals surface area contributed by atoms with Crippen molar-refractivity contribution in [1.29, 1.82) is 0 Å². The maximum atomic E-state index is 3.85. The summed E-state index contributed by atoms with van der Waals surface area (Å²) in [5, 5.41) is 3.85. The molecule has 1 aliphatic heterocycles. The van der Waals surface area contributed by atoms with Gasteiger partial charge in [-0.05, 0) is 44.1 Å². The molecule has 2 nitrogen and oxygen atoms in total. The van der Waals surface area contributed by atoms with E-state index in [9.17, 15) is 0 Å². The third kappa shape index (κ3) is 4.75. The average Bonchev–Trinajstić information content (AvgIpc) is 2.37. The van der Waals surface area contributed by atoms with Crippen LogP contribution in [-0.2, 0) is 0 Å². The Balaban J connectivity index is 2.62. The van der Waals surface area contributed by atoms with Gasteiger partial charge < -0.3 is 5.32 Å². The predicted molar refractivity (Wildman–Crippen MR) is 85.6 cm³/mol. The van der Waals surface area contributed by atoms with Crippen LogP contribution in [0.5, 0.6) is 0 Å². The summed E-state index contributed by atoms with van der Waals surface area (Å²) in [6, 6.07) is 0.721. The fourth-order valence-electron chi connectivity index (χ4n) is 3.34.